The Morgan fingerprint density at radius 1 is 0.592 bits per heavy atom. The van der Waals surface area contributed by atoms with Crippen LogP contribution in [-0.2, 0) is 63.6 Å². The lowest BCUT2D eigenvalue weighted by Gasteiger charge is -2.48. The third-order valence-electron chi connectivity index (χ3n) is 19.3. The molecule has 26 atom stereocenters. The van der Waals surface area contributed by atoms with E-state index in [1.807, 2.05) is 42.5 Å². The lowest BCUT2D eigenvalue weighted by molar-refractivity contribution is -0.383. The number of aliphatic hydroxyl groups excluding tert-OH is 12. The van der Waals surface area contributed by atoms with Crippen LogP contribution in [0.15, 0.2) is 107 Å². The van der Waals surface area contributed by atoms with E-state index in [0.717, 1.165) is 15.7 Å². The summed E-state index contributed by atoms with van der Waals surface area (Å²) in [5, 5.41) is 153. The maximum Gasteiger partial charge on any atom is 0.246 e. The van der Waals surface area contributed by atoms with Gasteiger partial charge in [0.05, 0.1) is 58.1 Å². The quantitative estimate of drug-likeness (QED) is 0.0440. The largest absolute Gasteiger partial charge is 0.462 e. The summed E-state index contributed by atoms with van der Waals surface area (Å²) in [6, 6.07) is 14.4. The summed E-state index contributed by atoms with van der Waals surface area (Å²) >= 11 is 0. The number of nitrogens with one attached hydrogen (secondary N) is 7. The van der Waals surface area contributed by atoms with Crippen LogP contribution >= 0.6 is 0 Å². The number of ether oxygens (including phenoxy) is 7. The van der Waals surface area contributed by atoms with Crippen LogP contribution < -0.4 is 53.4 Å². The molecule has 4 aromatic carbocycles. The van der Waals surface area contributed by atoms with Crippen LogP contribution in [0.4, 0.5) is 0 Å². The van der Waals surface area contributed by atoms with E-state index in [-0.39, 0.29) is 36.8 Å². The first-order valence-corrected chi connectivity index (χ1v) is 33.5. The van der Waals surface area contributed by atoms with Crippen LogP contribution in [0.1, 0.15) is 42.2 Å². The molecule has 0 bridgehead atoms. The molecule has 26 unspecified atom stereocenters. The number of carbonyl (C=O) groups excluding carboxylic acids is 6. The number of fused-ring (bicyclic) bond motifs is 2. The molecule has 6 amide bonds. The second-order valence-corrected chi connectivity index (χ2v) is 26.0. The van der Waals surface area contributed by atoms with Crippen LogP contribution in [0.2, 0.25) is 0 Å². The fourth-order valence-electron chi connectivity index (χ4n) is 13.6. The Morgan fingerprint density at radius 2 is 1.25 bits per heavy atom. The third-order valence-corrected chi connectivity index (χ3v) is 19.3. The van der Waals surface area contributed by atoms with Gasteiger partial charge in [0, 0.05) is 17.9 Å². The van der Waals surface area contributed by atoms with Crippen molar-refractivity contribution in [3.63, 3.8) is 0 Å². The lowest BCUT2D eigenvalue weighted by atomic mass is 9.88. The highest BCUT2D eigenvalue weighted by Crippen LogP contribution is 2.38. The van der Waals surface area contributed by atoms with Crippen molar-refractivity contribution in [1.29, 1.82) is 0 Å². The normalized spacial score (nSPS) is 35.9. The fraction of sp³-hybridized carbons (Fsp3) is 0.545. The molecule has 23 N–H and O–H groups in total. The van der Waals surface area contributed by atoms with Crippen molar-refractivity contribution in [3.05, 3.63) is 114 Å². The molecule has 5 fully saturated rings. The molecule has 0 radical (unpaired) electrons. The molecule has 0 aliphatic carbocycles. The number of rotatable bonds is 18. The number of hydrogen-bond acceptors (Lipinski definition) is 31. The van der Waals surface area contributed by atoms with Gasteiger partial charge in [-0.1, -0.05) is 85.8 Å². The number of aliphatic imine (C=N–C) groups is 2. The van der Waals surface area contributed by atoms with E-state index < -0.39 is 239 Å². The molecule has 103 heavy (non-hydrogen) atoms. The number of aliphatic hydroxyl groups is 12. The van der Waals surface area contributed by atoms with Gasteiger partial charge in [0.1, 0.15) is 121 Å². The molecule has 7 aliphatic heterocycles. The van der Waals surface area contributed by atoms with E-state index in [2.05, 4.69) is 47.2 Å². The maximum absolute atomic E-state index is 15.3. The van der Waals surface area contributed by atoms with Crippen LogP contribution in [0.3, 0.4) is 0 Å². The second kappa shape index (κ2) is 33.1. The Hall–Kier alpha value is -8.42. The van der Waals surface area contributed by atoms with Gasteiger partial charge in [-0.25, -0.2) is 0 Å². The van der Waals surface area contributed by atoms with Gasteiger partial charge in [-0.05, 0) is 46.5 Å². The van der Waals surface area contributed by atoms with Gasteiger partial charge in [-0.2, -0.15) is 0 Å². The summed E-state index contributed by atoms with van der Waals surface area (Å²) in [5.74, 6) is -8.81. The third kappa shape index (κ3) is 16.6. The van der Waals surface area contributed by atoms with Crippen molar-refractivity contribution >= 4 is 58.1 Å². The number of carbonyl (C=O) groups is 6. The average molecular weight is 1450 g/mol. The molecule has 0 saturated carbocycles. The Labute approximate surface area is 587 Å². The first-order valence-electron chi connectivity index (χ1n) is 33.5. The Bertz CT molecular complexity index is 3700. The SMILES string of the molecule is CCC(c1ccccc1)C1NC(=O)CNC(=O)C(CO)NC(=O)C(C(O)C2CN=C(N)N2C2OC(CO)C(O)C(O)C2O)NC(=O)C(C(O)C2CN=C(N)N2)NC(=O)C(Cc2ccc(OC3OC(CO)C(OC4OC5COC(c6ccc7ccccc7c6)OC5C(O)C4O)C(O)C3O)cc2)NC1=O. The highest BCUT2D eigenvalue weighted by atomic mass is 16.8. The van der Waals surface area contributed by atoms with Crippen molar-refractivity contribution in [2.75, 3.05) is 46.1 Å². The van der Waals surface area contributed by atoms with E-state index in [1.165, 1.54) is 24.3 Å². The van der Waals surface area contributed by atoms with E-state index in [4.69, 9.17) is 44.6 Å². The maximum atomic E-state index is 15.3. The zero-order chi connectivity index (χ0) is 73.7. The van der Waals surface area contributed by atoms with Crippen LogP contribution in [0.5, 0.6) is 5.75 Å². The average Bonchev–Trinajstić information content (AvgIpc) is 1.74. The minimum absolute atomic E-state index is 0.0445. The van der Waals surface area contributed by atoms with Gasteiger partial charge in [0.15, 0.2) is 30.7 Å². The monoisotopic (exact) mass is 1450 g/mol. The van der Waals surface area contributed by atoms with Gasteiger partial charge in [0.2, 0.25) is 41.7 Å². The molecule has 37 heteroatoms. The molecule has 4 aromatic rings. The zero-order valence-corrected chi connectivity index (χ0v) is 55.3. The summed E-state index contributed by atoms with van der Waals surface area (Å²) in [6.07, 6.45) is -30.6. The first kappa shape index (κ1) is 75.7. The predicted molar refractivity (Wildman–Crippen MR) is 352 cm³/mol. The molecule has 7 heterocycles. The van der Waals surface area contributed by atoms with Gasteiger partial charge in [-0.3, -0.25) is 38.8 Å². The van der Waals surface area contributed by atoms with Gasteiger partial charge < -0.3 is 148 Å². The standard InChI is InChI=1S/C66H86N12O25/c1-2-33(29-9-4-3-5-10-29)42-58(94)72-34(18-27-12-16-32(17-13-27)98-63-52(90)49(87)54(39(25-81)100-63)103-64-53(91)50(88)55-40(101-64)26-97-62(102-55)31-15-14-28-8-6-7-11-30(28)19-31)57(93)76-43(45(83)35-20-70-65(67)74-35)60(96)77-44(59(95)73-36(23-79)56(92)69-22-41(82)75-42)46(84)37-21-71-66(68)78(37)61-51(89)48(86)47(85)38(24-80)99-61/h3-17,19,33-40,42-55,61-64,79-81,83-91H,2,18,20-26H2,1H3,(H2,68,71)(H,69,92)(H,72,94)(H,73,95)(H,75,82)(H,76,93)(H,77,96)(H3,67,70,74). The van der Waals surface area contributed by atoms with Crippen molar-refractivity contribution in [2.45, 2.75) is 179 Å². The predicted octanol–water partition coefficient (Wildman–Crippen LogP) is -9.31. The highest BCUT2D eigenvalue weighted by Gasteiger charge is 2.55. The summed E-state index contributed by atoms with van der Waals surface area (Å²) in [6.45, 7) is -3.06. The molecule has 37 nitrogen and oxygen atoms in total. The Morgan fingerprint density at radius 3 is 1.94 bits per heavy atom. The topological polar surface area (TPSA) is 574 Å². The van der Waals surface area contributed by atoms with Crippen molar-refractivity contribution in [2.24, 2.45) is 21.5 Å². The molecule has 11 rings (SSSR count). The highest BCUT2D eigenvalue weighted by molar-refractivity contribution is 5.98. The molecule has 0 spiro atoms. The fourth-order valence-corrected chi connectivity index (χ4v) is 13.6. The lowest BCUT2D eigenvalue weighted by Crippen LogP contribution is -2.70. The molecule has 560 valence electrons. The smallest absolute Gasteiger partial charge is 0.246 e. The van der Waals surface area contributed by atoms with E-state index >= 15 is 14.4 Å². The van der Waals surface area contributed by atoms with Gasteiger partial charge >= 0.3 is 0 Å². The number of nitrogens with two attached hydrogens (primary N) is 2. The van der Waals surface area contributed by atoms with Crippen LogP contribution in [-0.4, -0.2) is 306 Å². The Balaban J connectivity index is 0.843. The Kier molecular flexibility index (Phi) is 24.4. The number of nitrogens with zero attached hydrogens (tertiary/aromatic N) is 3. The summed E-state index contributed by atoms with van der Waals surface area (Å²) in [4.78, 5) is 97.1. The number of amides is 6. The van der Waals surface area contributed by atoms with Crippen molar-refractivity contribution in [1.82, 2.24) is 42.1 Å². The number of guanidine groups is 2. The second-order valence-electron chi connectivity index (χ2n) is 26.0. The minimum Gasteiger partial charge on any atom is -0.462 e. The summed E-state index contributed by atoms with van der Waals surface area (Å²) in [7, 11) is 0. The van der Waals surface area contributed by atoms with Gasteiger partial charge in [-0.15, -0.1) is 0 Å². The zero-order valence-electron chi connectivity index (χ0n) is 55.3. The molecule has 5 saturated heterocycles. The summed E-state index contributed by atoms with van der Waals surface area (Å²) in [5.41, 5.74) is 13.6. The van der Waals surface area contributed by atoms with E-state index in [1.54, 1.807) is 37.3 Å². The molecule has 0 aromatic heterocycles. The summed E-state index contributed by atoms with van der Waals surface area (Å²) < 4.78 is 41.7. The number of hydrogen-bond donors (Lipinski definition) is 21. The molecular formula is C66H86N12O25. The van der Waals surface area contributed by atoms with E-state index in [9.17, 15) is 75.7 Å². The molecule has 7 aliphatic rings. The van der Waals surface area contributed by atoms with Crippen LogP contribution in [0, 0.1) is 0 Å². The van der Waals surface area contributed by atoms with E-state index in [0.29, 0.717) is 11.1 Å². The minimum atomic E-state index is -2.35. The van der Waals surface area contributed by atoms with Gasteiger partial charge in [0.25, 0.3) is 0 Å². The van der Waals surface area contributed by atoms with Crippen molar-refractivity contribution in [3.8, 4) is 5.75 Å². The van der Waals surface area contributed by atoms with Crippen LogP contribution in [0.25, 0.3) is 10.8 Å². The molecular weight excluding hydrogens is 1360 g/mol. The first-order chi connectivity index (χ1) is 49.4. The van der Waals surface area contributed by atoms with Crippen molar-refractivity contribution < 1.29 is 123 Å². The number of benzene rings is 4.